The lowest BCUT2D eigenvalue weighted by Crippen LogP contribution is -2.49. The van der Waals surface area contributed by atoms with E-state index in [1.807, 2.05) is 18.2 Å². The van der Waals surface area contributed by atoms with Crippen LogP contribution in [0.15, 0.2) is 24.3 Å². The van der Waals surface area contributed by atoms with Gasteiger partial charge in [-0.1, -0.05) is 12.1 Å². The van der Waals surface area contributed by atoms with Gasteiger partial charge in [0.05, 0.1) is 13.0 Å². The molecule has 0 aliphatic carbocycles. The molecule has 1 aromatic rings. The fourth-order valence-corrected chi connectivity index (χ4v) is 4.06. The molecule has 0 radical (unpaired) electrons. The van der Waals surface area contributed by atoms with Crippen molar-refractivity contribution in [3.63, 3.8) is 0 Å². The fraction of sp³-hybridized carbons (Fsp3) is 0.562. The maximum absolute atomic E-state index is 12.3. The Labute approximate surface area is 119 Å². The van der Waals surface area contributed by atoms with Crippen LogP contribution in [0.5, 0.6) is 0 Å². The standard InChI is InChI=1S/C16H22N2O2/c1-18-12-6-7-14(18)15(16(19)20-2)13(9-12)10-4-3-5-11(17)8-10/h3-5,8,12-15H,6-7,9,17H2,1-2H3/t12-,13-,14?,15?/m1/s1. The van der Waals surface area contributed by atoms with Crippen LogP contribution in [0.1, 0.15) is 30.7 Å². The number of carbonyl (C=O) groups is 1. The van der Waals surface area contributed by atoms with Crippen LogP contribution >= 0.6 is 0 Å². The zero-order valence-corrected chi connectivity index (χ0v) is 12.1. The molecule has 1 aromatic carbocycles. The number of hydrogen-bond donors (Lipinski definition) is 1. The summed E-state index contributed by atoms with van der Waals surface area (Å²) in [5, 5.41) is 0. The summed E-state index contributed by atoms with van der Waals surface area (Å²) in [5.41, 5.74) is 7.84. The van der Waals surface area contributed by atoms with Crippen molar-refractivity contribution in [2.24, 2.45) is 5.92 Å². The van der Waals surface area contributed by atoms with Crippen molar-refractivity contribution >= 4 is 11.7 Å². The predicted molar refractivity (Wildman–Crippen MR) is 78.3 cm³/mol. The van der Waals surface area contributed by atoms with E-state index in [0.29, 0.717) is 12.1 Å². The average molecular weight is 274 g/mol. The lowest BCUT2D eigenvalue weighted by Gasteiger charge is -2.41. The van der Waals surface area contributed by atoms with Gasteiger partial charge in [-0.2, -0.15) is 0 Å². The largest absolute Gasteiger partial charge is 0.469 e. The molecule has 0 saturated carbocycles. The highest BCUT2D eigenvalue weighted by molar-refractivity contribution is 5.75. The number of nitrogens with two attached hydrogens (primary N) is 1. The first-order valence-electron chi connectivity index (χ1n) is 7.27. The number of nitrogen functional groups attached to an aromatic ring is 1. The first kappa shape index (κ1) is 13.4. The average Bonchev–Trinajstić information content (AvgIpc) is 2.69. The minimum Gasteiger partial charge on any atom is -0.469 e. The molecular weight excluding hydrogens is 252 g/mol. The third-order valence-corrected chi connectivity index (χ3v) is 5.08. The molecular formula is C16H22N2O2. The summed E-state index contributed by atoms with van der Waals surface area (Å²) < 4.78 is 5.07. The summed E-state index contributed by atoms with van der Waals surface area (Å²) in [4.78, 5) is 14.7. The quantitative estimate of drug-likeness (QED) is 0.662. The summed E-state index contributed by atoms with van der Waals surface area (Å²) in [7, 11) is 3.62. The molecule has 2 saturated heterocycles. The first-order valence-corrected chi connectivity index (χ1v) is 7.27. The number of nitrogens with zero attached hydrogens (tertiary/aromatic N) is 1. The zero-order chi connectivity index (χ0) is 14.3. The van der Waals surface area contributed by atoms with Crippen LogP contribution in [-0.4, -0.2) is 37.1 Å². The number of methoxy groups -OCH3 is 1. The number of carbonyl (C=O) groups excluding carboxylic acids is 1. The number of hydrogen-bond acceptors (Lipinski definition) is 4. The van der Waals surface area contributed by atoms with Gasteiger partial charge >= 0.3 is 5.97 Å². The maximum Gasteiger partial charge on any atom is 0.310 e. The second-order valence-electron chi connectivity index (χ2n) is 6.03. The summed E-state index contributed by atoms with van der Waals surface area (Å²) in [6.45, 7) is 0. The summed E-state index contributed by atoms with van der Waals surface area (Å²) in [5.74, 6) is 0.0554. The predicted octanol–water partition coefficient (Wildman–Crippen LogP) is 2.01. The van der Waals surface area contributed by atoms with Crippen LogP contribution in [0.4, 0.5) is 5.69 Å². The molecule has 108 valence electrons. The number of benzene rings is 1. The van der Waals surface area contributed by atoms with E-state index in [4.69, 9.17) is 10.5 Å². The Balaban J connectivity index is 1.97. The van der Waals surface area contributed by atoms with Crippen molar-refractivity contribution < 1.29 is 9.53 Å². The van der Waals surface area contributed by atoms with E-state index < -0.39 is 0 Å². The van der Waals surface area contributed by atoms with Crippen molar-refractivity contribution in [2.75, 3.05) is 19.9 Å². The van der Waals surface area contributed by atoms with Crippen LogP contribution in [0.3, 0.4) is 0 Å². The minimum atomic E-state index is -0.0883. The minimum absolute atomic E-state index is 0.0782. The molecule has 0 aromatic heterocycles. The number of fused-ring (bicyclic) bond motifs is 2. The third kappa shape index (κ3) is 2.08. The van der Waals surface area contributed by atoms with Gasteiger partial charge in [-0.3, -0.25) is 9.69 Å². The lowest BCUT2D eigenvalue weighted by molar-refractivity contribution is -0.150. The Hall–Kier alpha value is -1.55. The molecule has 2 fully saturated rings. The van der Waals surface area contributed by atoms with E-state index in [2.05, 4.69) is 18.0 Å². The van der Waals surface area contributed by atoms with Gasteiger partial charge in [0.1, 0.15) is 0 Å². The molecule has 0 amide bonds. The highest BCUT2D eigenvalue weighted by Gasteiger charge is 2.49. The normalized spacial score (nSPS) is 33.1. The van der Waals surface area contributed by atoms with Gasteiger partial charge in [0, 0.05) is 23.7 Å². The van der Waals surface area contributed by atoms with E-state index in [9.17, 15) is 4.79 Å². The highest BCUT2D eigenvalue weighted by Crippen LogP contribution is 2.46. The summed E-state index contributed by atoms with van der Waals surface area (Å²) >= 11 is 0. The van der Waals surface area contributed by atoms with Gasteiger partial charge in [0.25, 0.3) is 0 Å². The Morgan fingerprint density at radius 1 is 1.40 bits per heavy atom. The van der Waals surface area contributed by atoms with Gasteiger partial charge in [0.15, 0.2) is 0 Å². The smallest absolute Gasteiger partial charge is 0.310 e. The van der Waals surface area contributed by atoms with Crippen molar-refractivity contribution in [3.05, 3.63) is 29.8 Å². The summed E-state index contributed by atoms with van der Waals surface area (Å²) in [6.07, 6.45) is 3.27. The van der Waals surface area contributed by atoms with Crippen LogP contribution in [0, 0.1) is 5.92 Å². The van der Waals surface area contributed by atoms with Crippen molar-refractivity contribution in [1.82, 2.24) is 4.90 Å². The molecule has 2 bridgehead atoms. The molecule has 3 rings (SSSR count). The number of piperidine rings is 1. The molecule has 0 spiro atoms. The Morgan fingerprint density at radius 3 is 2.90 bits per heavy atom. The van der Waals surface area contributed by atoms with Crippen LogP contribution < -0.4 is 5.73 Å². The molecule has 2 unspecified atom stereocenters. The van der Waals surface area contributed by atoms with E-state index in [-0.39, 0.29) is 17.8 Å². The van der Waals surface area contributed by atoms with E-state index in [1.165, 1.54) is 19.1 Å². The second kappa shape index (κ2) is 5.09. The number of rotatable bonds is 2. The number of anilines is 1. The summed E-state index contributed by atoms with van der Waals surface area (Å²) in [6, 6.07) is 8.83. The Morgan fingerprint density at radius 2 is 2.20 bits per heavy atom. The molecule has 2 aliphatic heterocycles. The van der Waals surface area contributed by atoms with Gasteiger partial charge in [-0.25, -0.2) is 0 Å². The van der Waals surface area contributed by atoms with Crippen LogP contribution in [0.25, 0.3) is 0 Å². The molecule has 2 N–H and O–H groups in total. The SMILES string of the molecule is COC(=O)C1C2CC[C@H](C[C@@H]1c1cccc(N)c1)N2C. The number of ether oxygens (including phenoxy) is 1. The first-order chi connectivity index (χ1) is 9.61. The molecule has 4 atom stereocenters. The Bertz CT molecular complexity index is 517. The lowest BCUT2D eigenvalue weighted by atomic mass is 9.76. The zero-order valence-electron chi connectivity index (χ0n) is 12.1. The topological polar surface area (TPSA) is 55.6 Å². The Kier molecular flexibility index (Phi) is 3.42. The fourth-order valence-electron chi connectivity index (χ4n) is 4.06. The molecule has 2 heterocycles. The molecule has 4 heteroatoms. The molecule has 20 heavy (non-hydrogen) atoms. The maximum atomic E-state index is 12.3. The van der Waals surface area contributed by atoms with Crippen molar-refractivity contribution in [2.45, 2.75) is 37.3 Å². The van der Waals surface area contributed by atoms with E-state index >= 15 is 0 Å². The third-order valence-electron chi connectivity index (χ3n) is 5.08. The van der Waals surface area contributed by atoms with Crippen LogP contribution in [-0.2, 0) is 9.53 Å². The molecule has 2 aliphatic rings. The van der Waals surface area contributed by atoms with Gasteiger partial charge in [-0.05, 0) is 44.0 Å². The number of esters is 1. The highest BCUT2D eigenvalue weighted by atomic mass is 16.5. The monoisotopic (exact) mass is 274 g/mol. The molecule has 4 nitrogen and oxygen atoms in total. The van der Waals surface area contributed by atoms with Gasteiger partial charge in [0.2, 0.25) is 0 Å². The van der Waals surface area contributed by atoms with Crippen molar-refractivity contribution in [1.29, 1.82) is 0 Å². The van der Waals surface area contributed by atoms with Crippen LogP contribution in [0.2, 0.25) is 0 Å². The van der Waals surface area contributed by atoms with Gasteiger partial charge < -0.3 is 10.5 Å². The van der Waals surface area contributed by atoms with Crippen molar-refractivity contribution in [3.8, 4) is 0 Å². The van der Waals surface area contributed by atoms with E-state index in [1.54, 1.807) is 0 Å². The van der Waals surface area contributed by atoms with Gasteiger partial charge in [-0.15, -0.1) is 0 Å². The van der Waals surface area contributed by atoms with E-state index in [0.717, 1.165) is 18.5 Å². The second-order valence-corrected chi connectivity index (χ2v) is 6.03.